The third kappa shape index (κ3) is 7.58. The second-order valence-corrected chi connectivity index (χ2v) is 15.3. The SMILES string of the molecule is COc1cc(C)c(S(=O)(=O)N2CCCC[C@H]2COCC(=O)N(C)CCC2CCC(c3ccccc3)(N3CCCC3)CC2)c(C)c1. The Bertz CT molecular complexity index is 1360. The normalized spacial score (nSPS) is 24.9. The van der Waals surface area contributed by atoms with E-state index < -0.39 is 10.0 Å². The number of methoxy groups -OCH3 is 1. The molecule has 3 aliphatic rings. The molecule has 45 heavy (non-hydrogen) atoms. The molecule has 2 aromatic rings. The number of carbonyl (C=O) groups excluding carboxylic acids is 1. The second-order valence-electron chi connectivity index (χ2n) is 13.5. The van der Waals surface area contributed by atoms with Crippen molar-refractivity contribution in [1.82, 2.24) is 14.1 Å². The van der Waals surface area contributed by atoms with Gasteiger partial charge < -0.3 is 14.4 Å². The highest BCUT2D eigenvalue weighted by Crippen LogP contribution is 2.46. The maximum absolute atomic E-state index is 13.8. The van der Waals surface area contributed by atoms with Crippen molar-refractivity contribution in [2.75, 3.05) is 53.6 Å². The monoisotopic (exact) mass is 639 g/mol. The zero-order chi connectivity index (χ0) is 32.0. The van der Waals surface area contributed by atoms with Crippen LogP contribution in [0.2, 0.25) is 0 Å². The average molecular weight is 640 g/mol. The first-order valence-electron chi connectivity index (χ1n) is 16.9. The Labute approximate surface area is 271 Å². The number of sulfonamides is 1. The number of carbonyl (C=O) groups is 1. The van der Waals surface area contributed by atoms with Crippen LogP contribution in [0.4, 0.5) is 0 Å². The number of ether oxygens (including phenoxy) is 2. The molecule has 2 aliphatic heterocycles. The number of hydrogen-bond donors (Lipinski definition) is 0. The zero-order valence-electron chi connectivity index (χ0n) is 27.8. The van der Waals surface area contributed by atoms with E-state index in [0.717, 1.165) is 32.2 Å². The highest BCUT2D eigenvalue weighted by Gasteiger charge is 2.42. The van der Waals surface area contributed by atoms with Gasteiger partial charge in [-0.25, -0.2) is 8.42 Å². The van der Waals surface area contributed by atoms with Crippen LogP contribution in [0.15, 0.2) is 47.4 Å². The van der Waals surface area contributed by atoms with E-state index in [1.54, 1.807) is 28.4 Å². The summed E-state index contributed by atoms with van der Waals surface area (Å²) in [5, 5.41) is 0. The van der Waals surface area contributed by atoms with Gasteiger partial charge >= 0.3 is 0 Å². The topological polar surface area (TPSA) is 79.4 Å². The van der Waals surface area contributed by atoms with Crippen molar-refractivity contribution in [2.24, 2.45) is 5.92 Å². The summed E-state index contributed by atoms with van der Waals surface area (Å²) in [5.41, 5.74) is 2.98. The summed E-state index contributed by atoms with van der Waals surface area (Å²) in [6.45, 7) is 7.38. The Morgan fingerprint density at radius 3 is 2.24 bits per heavy atom. The van der Waals surface area contributed by atoms with E-state index in [1.807, 2.05) is 20.9 Å². The molecule has 248 valence electrons. The quantitative estimate of drug-likeness (QED) is 0.288. The molecule has 9 heteroatoms. The van der Waals surface area contributed by atoms with Gasteiger partial charge in [-0.15, -0.1) is 0 Å². The molecule has 0 aromatic heterocycles. The zero-order valence-corrected chi connectivity index (χ0v) is 28.6. The van der Waals surface area contributed by atoms with Crippen LogP contribution in [0.3, 0.4) is 0 Å². The van der Waals surface area contributed by atoms with Gasteiger partial charge in [0.2, 0.25) is 15.9 Å². The third-order valence-electron chi connectivity index (χ3n) is 10.6. The van der Waals surface area contributed by atoms with Crippen LogP contribution in [-0.4, -0.2) is 88.0 Å². The molecule has 1 aliphatic carbocycles. The molecule has 1 amide bonds. The number of rotatable bonds is 12. The largest absolute Gasteiger partial charge is 0.497 e. The molecule has 1 atom stereocenters. The molecule has 3 fully saturated rings. The molecular formula is C36H53N3O5S. The van der Waals surface area contributed by atoms with Crippen LogP contribution in [-0.2, 0) is 25.1 Å². The van der Waals surface area contributed by atoms with Crippen LogP contribution >= 0.6 is 0 Å². The summed E-state index contributed by atoms with van der Waals surface area (Å²) in [4.78, 5) is 17.9. The summed E-state index contributed by atoms with van der Waals surface area (Å²) >= 11 is 0. The number of amides is 1. The molecule has 0 radical (unpaired) electrons. The van der Waals surface area contributed by atoms with Gasteiger partial charge in [0.15, 0.2) is 0 Å². The van der Waals surface area contributed by atoms with Crippen molar-refractivity contribution in [1.29, 1.82) is 0 Å². The van der Waals surface area contributed by atoms with Gasteiger partial charge in [-0.2, -0.15) is 4.31 Å². The molecular weight excluding hydrogens is 586 g/mol. The lowest BCUT2D eigenvalue weighted by molar-refractivity contribution is -0.135. The third-order valence-corrected chi connectivity index (χ3v) is 12.9. The number of likely N-dealkylation sites (N-methyl/N-ethyl adjacent to an activating group) is 1. The number of aryl methyl sites for hydroxylation is 2. The maximum atomic E-state index is 13.8. The minimum absolute atomic E-state index is 0.0295. The Balaban J connectivity index is 1.10. The molecule has 2 saturated heterocycles. The molecule has 0 bridgehead atoms. The van der Waals surface area contributed by atoms with Crippen LogP contribution in [0.25, 0.3) is 0 Å². The van der Waals surface area contributed by atoms with E-state index in [4.69, 9.17) is 9.47 Å². The van der Waals surface area contributed by atoms with Gasteiger partial charge in [-0.1, -0.05) is 36.8 Å². The fraction of sp³-hybridized carbons (Fsp3) is 0.639. The standard InChI is InChI=1S/C36H53N3O5S/c1-28-24-33(43-4)25-29(2)35(28)45(41,42)39-22-9-8-14-32(39)26-44-27-34(40)37(3)23-17-30-15-18-36(19-16-30,38-20-10-11-21-38)31-12-6-5-7-13-31/h5-7,12-13,24-25,30,32H,8-11,14-23,26-27H2,1-4H3/t30?,32-,36?/m0/s1. The summed E-state index contributed by atoms with van der Waals surface area (Å²) in [7, 11) is -0.273. The van der Waals surface area contributed by atoms with Gasteiger partial charge in [0, 0.05) is 31.7 Å². The summed E-state index contributed by atoms with van der Waals surface area (Å²) in [5.74, 6) is 1.22. The Hall–Kier alpha value is -2.46. The van der Waals surface area contributed by atoms with E-state index >= 15 is 0 Å². The van der Waals surface area contributed by atoms with Crippen molar-refractivity contribution in [3.8, 4) is 5.75 Å². The lowest BCUT2D eigenvalue weighted by atomic mass is 9.71. The van der Waals surface area contributed by atoms with E-state index in [-0.39, 0.29) is 30.7 Å². The van der Waals surface area contributed by atoms with E-state index in [2.05, 4.69) is 35.2 Å². The summed E-state index contributed by atoms with van der Waals surface area (Å²) < 4.78 is 40.5. The molecule has 5 rings (SSSR count). The number of hydrogen-bond acceptors (Lipinski definition) is 6. The Morgan fingerprint density at radius 2 is 1.60 bits per heavy atom. The lowest BCUT2D eigenvalue weighted by Gasteiger charge is -2.47. The van der Waals surface area contributed by atoms with Crippen LogP contribution in [0.5, 0.6) is 5.75 Å². The molecule has 2 aromatic carbocycles. The number of likely N-dealkylation sites (tertiary alicyclic amines) is 1. The van der Waals surface area contributed by atoms with Gasteiger partial charge in [0.05, 0.1) is 18.6 Å². The number of nitrogens with zero attached hydrogens (tertiary/aromatic N) is 3. The first kappa shape index (κ1) is 33.9. The molecule has 2 heterocycles. The average Bonchev–Trinajstić information content (AvgIpc) is 3.60. The maximum Gasteiger partial charge on any atom is 0.248 e. The van der Waals surface area contributed by atoms with Gasteiger partial charge in [0.1, 0.15) is 12.4 Å². The number of piperidine rings is 1. The van der Waals surface area contributed by atoms with Crippen molar-refractivity contribution >= 4 is 15.9 Å². The van der Waals surface area contributed by atoms with Gasteiger partial charge in [-0.05, 0) is 119 Å². The molecule has 0 spiro atoms. The van der Waals surface area contributed by atoms with Crippen molar-refractivity contribution in [3.63, 3.8) is 0 Å². The predicted octanol–water partition coefficient (Wildman–Crippen LogP) is 5.90. The van der Waals surface area contributed by atoms with E-state index in [1.165, 1.54) is 57.2 Å². The fourth-order valence-electron chi connectivity index (χ4n) is 8.03. The van der Waals surface area contributed by atoms with Gasteiger partial charge in [0.25, 0.3) is 0 Å². The minimum Gasteiger partial charge on any atom is -0.497 e. The molecule has 0 N–H and O–H groups in total. The second kappa shape index (κ2) is 15.0. The fourth-order valence-corrected chi connectivity index (χ4v) is 10.1. The molecule has 1 saturated carbocycles. The van der Waals surface area contributed by atoms with Crippen LogP contribution in [0.1, 0.15) is 80.9 Å². The summed E-state index contributed by atoms with van der Waals surface area (Å²) in [6, 6.07) is 14.3. The van der Waals surface area contributed by atoms with E-state index in [9.17, 15) is 13.2 Å². The van der Waals surface area contributed by atoms with Crippen molar-refractivity contribution in [2.45, 2.75) is 94.5 Å². The molecule has 0 unspecified atom stereocenters. The first-order valence-corrected chi connectivity index (χ1v) is 18.4. The van der Waals surface area contributed by atoms with Gasteiger partial charge in [-0.3, -0.25) is 9.69 Å². The van der Waals surface area contributed by atoms with Crippen LogP contribution < -0.4 is 4.74 Å². The van der Waals surface area contributed by atoms with Crippen molar-refractivity contribution in [3.05, 3.63) is 59.2 Å². The Morgan fingerprint density at radius 1 is 0.956 bits per heavy atom. The minimum atomic E-state index is -3.72. The molecule has 8 nitrogen and oxygen atoms in total. The highest BCUT2D eigenvalue weighted by molar-refractivity contribution is 7.89. The first-order chi connectivity index (χ1) is 21.7. The smallest absolute Gasteiger partial charge is 0.248 e. The lowest BCUT2D eigenvalue weighted by Crippen LogP contribution is -2.47. The Kier molecular flexibility index (Phi) is 11.3. The predicted molar refractivity (Wildman–Crippen MR) is 178 cm³/mol. The van der Waals surface area contributed by atoms with Crippen molar-refractivity contribution < 1.29 is 22.7 Å². The van der Waals surface area contributed by atoms with E-state index in [0.29, 0.717) is 34.2 Å². The number of benzene rings is 2. The summed E-state index contributed by atoms with van der Waals surface area (Å²) in [6.07, 6.45) is 10.8. The highest BCUT2D eigenvalue weighted by atomic mass is 32.2. The van der Waals surface area contributed by atoms with Crippen LogP contribution in [0, 0.1) is 19.8 Å².